The number of nitrogens with one attached hydrogen (secondary N) is 1. The highest BCUT2D eigenvalue weighted by molar-refractivity contribution is 6.31. The smallest absolute Gasteiger partial charge is 0.0438 e. The van der Waals surface area contributed by atoms with E-state index in [-0.39, 0.29) is 5.41 Å². The summed E-state index contributed by atoms with van der Waals surface area (Å²) < 4.78 is 0. The topological polar surface area (TPSA) is 12.0 Å². The van der Waals surface area contributed by atoms with Gasteiger partial charge in [0, 0.05) is 5.02 Å². The van der Waals surface area contributed by atoms with Crippen LogP contribution in [-0.4, -0.2) is 13.1 Å². The van der Waals surface area contributed by atoms with E-state index < -0.39 is 0 Å². The molecule has 0 bridgehead atoms. The first kappa shape index (κ1) is 15.5. The zero-order chi connectivity index (χ0) is 13.8. The quantitative estimate of drug-likeness (QED) is 0.745. The Morgan fingerprint density at radius 2 is 1.94 bits per heavy atom. The Morgan fingerprint density at radius 1 is 1.28 bits per heavy atom. The number of aryl methyl sites for hydroxylation is 1. The molecular formula is C16H26ClN. The second kappa shape index (κ2) is 6.58. The van der Waals surface area contributed by atoms with Gasteiger partial charge in [-0.3, -0.25) is 0 Å². The third-order valence-corrected chi connectivity index (χ3v) is 3.84. The van der Waals surface area contributed by atoms with Crippen molar-refractivity contribution in [3.8, 4) is 0 Å². The molecule has 18 heavy (non-hydrogen) atoms. The summed E-state index contributed by atoms with van der Waals surface area (Å²) in [5.74, 6) is 0.710. The van der Waals surface area contributed by atoms with Crippen molar-refractivity contribution in [1.29, 1.82) is 0 Å². The maximum absolute atomic E-state index is 6.21. The molecule has 0 heterocycles. The normalized spacial score (nSPS) is 12.2. The van der Waals surface area contributed by atoms with Crippen LogP contribution < -0.4 is 5.32 Å². The highest BCUT2D eigenvalue weighted by Crippen LogP contribution is 2.29. The van der Waals surface area contributed by atoms with Gasteiger partial charge in [-0.05, 0) is 55.0 Å². The lowest BCUT2D eigenvalue weighted by molar-refractivity contribution is 0.442. The monoisotopic (exact) mass is 267 g/mol. The lowest BCUT2D eigenvalue weighted by Gasteiger charge is -2.26. The number of halogens is 1. The molecule has 0 aliphatic rings. The van der Waals surface area contributed by atoms with Crippen molar-refractivity contribution in [1.82, 2.24) is 5.32 Å². The number of hydrogen-bond donors (Lipinski definition) is 1. The van der Waals surface area contributed by atoms with Gasteiger partial charge in [-0.2, -0.15) is 0 Å². The zero-order valence-electron chi connectivity index (χ0n) is 12.3. The number of benzene rings is 1. The molecule has 102 valence electrons. The predicted molar refractivity (Wildman–Crippen MR) is 81.5 cm³/mol. The van der Waals surface area contributed by atoms with Crippen molar-refractivity contribution in [2.24, 2.45) is 5.92 Å². The molecule has 0 saturated carbocycles. The third-order valence-electron chi connectivity index (χ3n) is 3.43. The summed E-state index contributed by atoms with van der Waals surface area (Å²) in [6, 6.07) is 6.42. The van der Waals surface area contributed by atoms with E-state index in [1.54, 1.807) is 0 Å². The van der Waals surface area contributed by atoms with E-state index in [4.69, 9.17) is 11.6 Å². The molecule has 1 rings (SSSR count). The van der Waals surface area contributed by atoms with E-state index >= 15 is 0 Å². The van der Waals surface area contributed by atoms with Crippen LogP contribution in [0.5, 0.6) is 0 Å². The second-order valence-electron chi connectivity index (χ2n) is 6.20. The summed E-state index contributed by atoms with van der Waals surface area (Å²) in [5, 5.41) is 4.37. The molecule has 0 fully saturated rings. The first-order valence-electron chi connectivity index (χ1n) is 6.80. The van der Waals surface area contributed by atoms with Crippen LogP contribution in [0.15, 0.2) is 18.2 Å². The van der Waals surface area contributed by atoms with E-state index in [1.807, 2.05) is 6.92 Å². The van der Waals surface area contributed by atoms with Gasteiger partial charge < -0.3 is 5.32 Å². The molecule has 0 aromatic heterocycles. The van der Waals surface area contributed by atoms with Crippen molar-refractivity contribution in [2.75, 3.05) is 13.1 Å². The molecule has 0 radical (unpaired) electrons. The molecule has 0 spiro atoms. The Balaban J connectivity index is 2.59. The molecule has 0 atom stereocenters. The molecule has 0 aliphatic carbocycles. The summed E-state index contributed by atoms with van der Waals surface area (Å²) in [7, 11) is 0. The minimum atomic E-state index is 0.168. The maximum atomic E-state index is 6.21. The zero-order valence-corrected chi connectivity index (χ0v) is 13.1. The minimum absolute atomic E-state index is 0.168. The largest absolute Gasteiger partial charge is 0.316 e. The summed E-state index contributed by atoms with van der Waals surface area (Å²) >= 11 is 6.21. The van der Waals surface area contributed by atoms with Crippen LogP contribution in [0.2, 0.25) is 5.02 Å². The highest BCUT2D eigenvalue weighted by Gasteiger charge is 2.20. The third kappa shape index (κ3) is 4.62. The molecule has 1 aromatic rings. The van der Waals surface area contributed by atoms with Crippen LogP contribution in [0.4, 0.5) is 0 Å². The Hall–Kier alpha value is -0.530. The first-order chi connectivity index (χ1) is 8.33. The minimum Gasteiger partial charge on any atom is -0.316 e. The molecule has 1 N–H and O–H groups in total. The second-order valence-corrected chi connectivity index (χ2v) is 6.60. The summed E-state index contributed by atoms with van der Waals surface area (Å²) in [6.45, 7) is 13.2. The van der Waals surface area contributed by atoms with Crippen LogP contribution in [0.3, 0.4) is 0 Å². The van der Waals surface area contributed by atoms with Crippen LogP contribution in [0.25, 0.3) is 0 Å². The number of rotatable bonds is 6. The Morgan fingerprint density at radius 3 is 2.50 bits per heavy atom. The fourth-order valence-electron chi connectivity index (χ4n) is 1.95. The predicted octanol–water partition coefficient (Wildman–Crippen LogP) is 4.56. The lowest BCUT2D eigenvalue weighted by Crippen LogP contribution is -2.27. The van der Waals surface area contributed by atoms with Crippen LogP contribution in [-0.2, 0) is 5.41 Å². The highest BCUT2D eigenvalue weighted by atomic mass is 35.5. The van der Waals surface area contributed by atoms with Crippen molar-refractivity contribution >= 4 is 11.6 Å². The average Bonchev–Trinajstić information content (AvgIpc) is 2.28. The van der Waals surface area contributed by atoms with Gasteiger partial charge in [0.1, 0.15) is 0 Å². The van der Waals surface area contributed by atoms with Gasteiger partial charge in [0.15, 0.2) is 0 Å². The van der Waals surface area contributed by atoms with E-state index in [1.165, 1.54) is 5.56 Å². The van der Waals surface area contributed by atoms with Crippen LogP contribution >= 0.6 is 11.6 Å². The van der Waals surface area contributed by atoms with E-state index in [0.717, 1.165) is 30.1 Å². The Kier molecular flexibility index (Phi) is 5.68. The summed E-state index contributed by atoms with van der Waals surface area (Å²) in [6.07, 6.45) is 1.12. The molecule has 0 amide bonds. The molecular weight excluding hydrogens is 242 g/mol. The van der Waals surface area contributed by atoms with Gasteiger partial charge in [-0.25, -0.2) is 0 Å². The summed E-state index contributed by atoms with van der Waals surface area (Å²) in [4.78, 5) is 0. The SMILES string of the molecule is Cc1ccc(C(C)(C)CCNCC(C)C)cc1Cl. The molecule has 0 saturated heterocycles. The lowest BCUT2D eigenvalue weighted by atomic mass is 9.81. The average molecular weight is 268 g/mol. The standard InChI is InChI=1S/C16H26ClN/c1-12(2)11-18-9-8-16(4,5)14-7-6-13(3)15(17)10-14/h6-7,10,12,18H,8-9,11H2,1-5H3. The van der Waals surface area contributed by atoms with Crippen LogP contribution in [0, 0.1) is 12.8 Å². The van der Waals surface area contributed by atoms with E-state index in [0.29, 0.717) is 5.92 Å². The van der Waals surface area contributed by atoms with E-state index in [9.17, 15) is 0 Å². The molecule has 1 nitrogen and oxygen atoms in total. The maximum Gasteiger partial charge on any atom is 0.0438 e. The van der Waals surface area contributed by atoms with Gasteiger partial charge in [-0.1, -0.05) is 51.4 Å². The number of hydrogen-bond acceptors (Lipinski definition) is 1. The van der Waals surface area contributed by atoms with Crippen molar-refractivity contribution in [2.45, 2.75) is 46.5 Å². The molecule has 2 heteroatoms. The Labute approximate surface area is 117 Å². The van der Waals surface area contributed by atoms with Gasteiger partial charge in [0.2, 0.25) is 0 Å². The van der Waals surface area contributed by atoms with Gasteiger partial charge in [0.05, 0.1) is 0 Å². The molecule has 0 aliphatic heterocycles. The van der Waals surface area contributed by atoms with Crippen molar-refractivity contribution in [3.63, 3.8) is 0 Å². The van der Waals surface area contributed by atoms with Gasteiger partial charge >= 0.3 is 0 Å². The molecule has 0 unspecified atom stereocenters. The van der Waals surface area contributed by atoms with Gasteiger partial charge in [-0.15, -0.1) is 0 Å². The first-order valence-corrected chi connectivity index (χ1v) is 7.18. The molecule has 1 aromatic carbocycles. The Bertz CT molecular complexity index is 383. The van der Waals surface area contributed by atoms with Crippen molar-refractivity contribution < 1.29 is 0 Å². The van der Waals surface area contributed by atoms with Crippen LogP contribution in [0.1, 0.15) is 45.2 Å². The fraction of sp³-hybridized carbons (Fsp3) is 0.625. The van der Waals surface area contributed by atoms with E-state index in [2.05, 4.69) is 51.2 Å². The van der Waals surface area contributed by atoms with Gasteiger partial charge in [0.25, 0.3) is 0 Å². The summed E-state index contributed by atoms with van der Waals surface area (Å²) in [5.41, 5.74) is 2.64. The fourth-order valence-corrected chi connectivity index (χ4v) is 2.13. The van der Waals surface area contributed by atoms with Crippen molar-refractivity contribution in [3.05, 3.63) is 34.3 Å².